The highest BCUT2D eigenvalue weighted by atomic mass is 32.2. The molecule has 1 aromatic carbocycles. The maximum Gasteiger partial charge on any atom is 0.331 e. The van der Waals surface area contributed by atoms with Crippen molar-refractivity contribution in [2.24, 2.45) is 0 Å². The topological polar surface area (TPSA) is 55.8 Å². The predicted molar refractivity (Wildman–Crippen MR) is 79.8 cm³/mol. The number of nitrogens with zero attached hydrogens (tertiary/aromatic N) is 1. The summed E-state index contributed by atoms with van der Waals surface area (Å²) < 4.78 is 10.3. The highest BCUT2D eigenvalue weighted by Crippen LogP contribution is 2.29. The molecule has 21 heavy (non-hydrogen) atoms. The largest absolute Gasteiger partial charge is 0.467 e. The van der Waals surface area contributed by atoms with Crippen molar-refractivity contribution in [3.63, 3.8) is 0 Å². The molecular formula is C15H19NO4S. The van der Waals surface area contributed by atoms with E-state index >= 15 is 0 Å². The standard InChI is InChI=1S/C15H19NO4S/c1-15(2)16(12(9-20-15)14(18)19-3)13(17)10-21-11-7-5-4-6-8-11/h4-8,12H,9-10H2,1-3H3/t12-/m0/s1. The second-order valence-corrected chi connectivity index (χ2v) is 6.21. The van der Waals surface area contributed by atoms with Crippen LogP contribution in [0, 0.1) is 0 Å². The Morgan fingerprint density at radius 1 is 1.38 bits per heavy atom. The lowest BCUT2D eigenvalue weighted by molar-refractivity contribution is -0.155. The SMILES string of the molecule is COC(=O)[C@@H]1COC(C)(C)N1C(=O)CSc1ccccc1. The van der Waals surface area contributed by atoms with Crippen molar-refractivity contribution in [1.29, 1.82) is 0 Å². The maximum atomic E-state index is 12.5. The van der Waals surface area contributed by atoms with Gasteiger partial charge in [0.2, 0.25) is 5.91 Å². The van der Waals surface area contributed by atoms with Crippen molar-refractivity contribution in [3.05, 3.63) is 30.3 Å². The minimum absolute atomic E-state index is 0.137. The van der Waals surface area contributed by atoms with E-state index in [0.717, 1.165) is 4.90 Å². The first kappa shape index (κ1) is 15.9. The average molecular weight is 309 g/mol. The highest BCUT2D eigenvalue weighted by Gasteiger charge is 2.47. The molecule has 5 nitrogen and oxygen atoms in total. The third-order valence-corrected chi connectivity index (χ3v) is 4.33. The molecule has 1 atom stereocenters. The van der Waals surface area contributed by atoms with Crippen LogP contribution in [0.2, 0.25) is 0 Å². The van der Waals surface area contributed by atoms with Crippen LogP contribution in [0.3, 0.4) is 0 Å². The number of hydrogen-bond donors (Lipinski definition) is 0. The number of carbonyl (C=O) groups is 2. The molecule has 0 N–H and O–H groups in total. The third-order valence-electron chi connectivity index (χ3n) is 3.33. The van der Waals surface area contributed by atoms with E-state index < -0.39 is 17.7 Å². The van der Waals surface area contributed by atoms with Crippen LogP contribution in [0.5, 0.6) is 0 Å². The fourth-order valence-electron chi connectivity index (χ4n) is 2.32. The predicted octanol–water partition coefficient (Wildman–Crippen LogP) is 1.92. The van der Waals surface area contributed by atoms with Crippen molar-refractivity contribution >= 4 is 23.6 Å². The van der Waals surface area contributed by atoms with Gasteiger partial charge in [0.25, 0.3) is 0 Å². The molecule has 0 saturated carbocycles. The number of esters is 1. The van der Waals surface area contributed by atoms with Gasteiger partial charge < -0.3 is 9.47 Å². The van der Waals surface area contributed by atoms with Crippen LogP contribution < -0.4 is 0 Å². The summed E-state index contributed by atoms with van der Waals surface area (Å²) in [4.78, 5) is 26.8. The van der Waals surface area contributed by atoms with E-state index in [-0.39, 0.29) is 18.3 Å². The number of benzene rings is 1. The Labute approximate surface area is 128 Å². The summed E-state index contributed by atoms with van der Waals surface area (Å²) in [6, 6.07) is 8.99. The van der Waals surface area contributed by atoms with E-state index in [4.69, 9.17) is 9.47 Å². The van der Waals surface area contributed by atoms with Crippen molar-refractivity contribution in [2.45, 2.75) is 30.5 Å². The molecule has 1 saturated heterocycles. The minimum Gasteiger partial charge on any atom is -0.467 e. The molecule has 0 aromatic heterocycles. The van der Waals surface area contributed by atoms with Crippen molar-refractivity contribution in [3.8, 4) is 0 Å². The van der Waals surface area contributed by atoms with Gasteiger partial charge in [0.15, 0.2) is 6.04 Å². The number of methoxy groups -OCH3 is 1. The second-order valence-electron chi connectivity index (χ2n) is 5.16. The van der Waals surface area contributed by atoms with E-state index in [1.165, 1.54) is 23.8 Å². The lowest BCUT2D eigenvalue weighted by Crippen LogP contribution is -2.51. The normalized spacial score (nSPS) is 20.3. The van der Waals surface area contributed by atoms with Crippen LogP contribution in [0.1, 0.15) is 13.8 Å². The van der Waals surface area contributed by atoms with E-state index in [9.17, 15) is 9.59 Å². The van der Waals surface area contributed by atoms with E-state index in [1.54, 1.807) is 13.8 Å². The first-order chi connectivity index (χ1) is 9.95. The van der Waals surface area contributed by atoms with Crippen LogP contribution >= 0.6 is 11.8 Å². The third kappa shape index (κ3) is 3.57. The van der Waals surface area contributed by atoms with E-state index in [2.05, 4.69) is 0 Å². The quantitative estimate of drug-likeness (QED) is 0.628. The summed E-state index contributed by atoms with van der Waals surface area (Å²) in [5.41, 5.74) is -0.798. The van der Waals surface area contributed by atoms with Gasteiger partial charge in [0.05, 0.1) is 19.5 Å². The zero-order chi connectivity index (χ0) is 15.5. The number of hydrogen-bond acceptors (Lipinski definition) is 5. The summed E-state index contributed by atoms with van der Waals surface area (Å²) in [7, 11) is 1.31. The molecule has 114 valence electrons. The van der Waals surface area contributed by atoms with Gasteiger partial charge in [-0.2, -0.15) is 0 Å². The molecule has 0 bridgehead atoms. The Balaban J connectivity index is 2.06. The van der Waals surface area contributed by atoms with Gasteiger partial charge in [-0.1, -0.05) is 18.2 Å². The summed E-state index contributed by atoms with van der Waals surface area (Å²) >= 11 is 1.44. The van der Waals surface area contributed by atoms with Crippen molar-refractivity contribution in [1.82, 2.24) is 4.90 Å². The maximum absolute atomic E-state index is 12.5. The van der Waals surface area contributed by atoms with Crippen LogP contribution in [-0.2, 0) is 19.1 Å². The zero-order valence-corrected chi connectivity index (χ0v) is 13.2. The Hall–Kier alpha value is -1.53. The lowest BCUT2D eigenvalue weighted by Gasteiger charge is -2.32. The lowest BCUT2D eigenvalue weighted by atomic mass is 10.2. The highest BCUT2D eigenvalue weighted by molar-refractivity contribution is 8.00. The Morgan fingerprint density at radius 2 is 2.05 bits per heavy atom. The van der Waals surface area contributed by atoms with Gasteiger partial charge >= 0.3 is 5.97 Å². The van der Waals surface area contributed by atoms with Crippen LogP contribution in [-0.4, -0.2) is 48.0 Å². The molecule has 1 heterocycles. The molecule has 0 unspecified atom stereocenters. The Bertz CT molecular complexity index is 518. The number of amides is 1. The molecule has 1 aliphatic heterocycles. The Kier molecular flexibility index (Phi) is 4.90. The smallest absolute Gasteiger partial charge is 0.331 e. The molecule has 0 radical (unpaired) electrons. The number of thioether (sulfide) groups is 1. The molecule has 1 fully saturated rings. The van der Waals surface area contributed by atoms with Gasteiger partial charge in [-0.3, -0.25) is 9.69 Å². The number of ether oxygens (including phenoxy) is 2. The molecule has 0 spiro atoms. The second kappa shape index (κ2) is 6.49. The van der Waals surface area contributed by atoms with Crippen LogP contribution in [0.25, 0.3) is 0 Å². The molecule has 6 heteroatoms. The summed E-state index contributed by atoms with van der Waals surface area (Å²) in [5.74, 6) is -0.329. The zero-order valence-electron chi connectivity index (χ0n) is 12.4. The molecular weight excluding hydrogens is 290 g/mol. The van der Waals surface area contributed by atoms with Crippen molar-refractivity contribution in [2.75, 3.05) is 19.5 Å². The molecule has 1 aliphatic rings. The van der Waals surface area contributed by atoms with E-state index in [0.29, 0.717) is 0 Å². The number of carbonyl (C=O) groups excluding carboxylic acids is 2. The molecule has 2 rings (SSSR count). The van der Waals surface area contributed by atoms with Crippen LogP contribution in [0.4, 0.5) is 0 Å². The minimum atomic E-state index is -0.798. The summed E-state index contributed by atoms with van der Waals surface area (Å²) in [6.07, 6.45) is 0. The van der Waals surface area contributed by atoms with Gasteiger partial charge in [0.1, 0.15) is 5.72 Å². The molecule has 1 amide bonds. The fraction of sp³-hybridized carbons (Fsp3) is 0.467. The van der Waals surface area contributed by atoms with Crippen LogP contribution in [0.15, 0.2) is 35.2 Å². The first-order valence-electron chi connectivity index (χ1n) is 6.67. The number of rotatable bonds is 4. The summed E-state index contributed by atoms with van der Waals surface area (Å²) in [5, 5.41) is 0. The molecule has 0 aliphatic carbocycles. The van der Waals surface area contributed by atoms with Gasteiger partial charge in [-0.05, 0) is 26.0 Å². The monoisotopic (exact) mass is 309 g/mol. The van der Waals surface area contributed by atoms with Gasteiger partial charge in [-0.25, -0.2) is 4.79 Å². The summed E-state index contributed by atoms with van der Waals surface area (Å²) in [6.45, 7) is 3.73. The van der Waals surface area contributed by atoms with E-state index in [1.807, 2.05) is 30.3 Å². The average Bonchev–Trinajstić information content (AvgIpc) is 2.80. The fourth-order valence-corrected chi connectivity index (χ4v) is 3.10. The molecule has 1 aromatic rings. The first-order valence-corrected chi connectivity index (χ1v) is 7.66. The Morgan fingerprint density at radius 3 is 2.67 bits per heavy atom. The van der Waals surface area contributed by atoms with Gasteiger partial charge in [-0.15, -0.1) is 11.8 Å². The van der Waals surface area contributed by atoms with Gasteiger partial charge in [0, 0.05) is 4.90 Å². The van der Waals surface area contributed by atoms with Crippen molar-refractivity contribution < 1.29 is 19.1 Å².